The fourth-order valence-corrected chi connectivity index (χ4v) is 3.53. The van der Waals surface area contributed by atoms with Crippen molar-refractivity contribution in [3.05, 3.63) is 76.7 Å². The summed E-state index contributed by atoms with van der Waals surface area (Å²) in [4.78, 5) is 23.4. The molecule has 0 fully saturated rings. The van der Waals surface area contributed by atoms with Crippen LogP contribution in [0.2, 0.25) is 0 Å². The zero-order valence-corrected chi connectivity index (χ0v) is 19.3. The number of fused-ring (bicyclic) bond motifs is 1. The third-order valence-corrected chi connectivity index (χ3v) is 5.37. The van der Waals surface area contributed by atoms with E-state index >= 15 is 0 Å². The molecule has 174 valence electrons. The standard InChI is InChI=1S/C28H32O5/c1-2-3-4-5-6-7-8-9-20-31-24-14-10-22(11-15-24)12-18-27(29)32-25-16-17-26-23(21-25)13-19-28(30)33-26/h10-19,21H,2-9,20H2,1H3/b18-12+. The first-order valence-electron chi connectivity index (χ1n) is 11.8. The van der Waals surface area contributed by atoms with Gasteiger partial charge in [-0.1, -0.05) is 64.0 Å². The predicted octanol–water partition coefficient (Wildman–Crippen LogP) is 6.93. The SMILES string of the molecule is CCCCCCCCCCOc1ccc(/C=C/C(=O)Oc2ccc3oc(=O)ccc3c2)cc1. The number of carbonyl (C=O) groups is 1. The van der Waals surface area contributed by atoms with E-state index in [-0.39, 0.29) is 0 Å². The van der Waals surface area contributed by atoms with Crippen LogP contribution in [-0.2, 0) is 4.79 Å². The molecule has 5 heteroatoms. The molecule has 1 heterocycles. The molecule has 0 spiro atoms. The van der Waals surface area contributed by atoms with E-state index in [2.05, 4.69) is 6.92 Å². The van der Waals surface area contributed by atoms with Crippen LogP contribution in [0.5, 0.6) is 11.5 Å². The summed E-state index contributed by atoms with van der Waals surface area (Å²) in [7, 11) is 0. The topological polar surface area (TPSA) is 65.7 Å². The minimum Gasteiger partial charge on any atom is -0.494 e. The summed E-state index contributed by atoms with van der Waals surface area (Å²) < 4.78 is 16.2. The molecule has 0 unspecified atom stereocenters. The summed E-state index contributed by atoms with van der Waals surface area (Å²) in [6.07, 6.45) is 13.3. The highest BCUT2D eigenvalue weighted by atomic mass is 16.5. The largest absolute Gasteiger partial charge is 0.494 e. The highest BCUT2D eigenvalue weighted by Crippen LogP contribution is 2.20. The fraction of sp³-hybridized carbons (Fsp3) is 0.357. The van der Waals surface area contributed by atoms with Crippen molar-refractivity contribution in [3.63, 3.8) is 0 Å². The van der Waals surface area contributed by atoms with Gasteiger partial charge in [-0.3, -0.25) is 0 Å². The summed E-state index contributed by atoms with van der Waals surface area (Å²) in [5.41, 5.74) is 0.911. The van der Waals surface area contributed by atoms with Crippen molar-refractivity contribution >= 4 is 23.0 Å². The lowest BCUT2D eigenvalue weighted by molar-refractivity contribution is -0.128. The molecule has 0 atom stereocenters. The Kier molecular flexibility index (Phi) is 9.77. The molecule has 0 bridgehead atoms. The molecule has 5 nitrogen and oxygen atoms in total. The van der Waals surface area contributed by atoms with Crippen molar-refractivity contribution in [1.29, 1.82) is 0 Å². The Morgan fingerprint density at radius 1 is 0.848 bits per heavy atom. The summed E-state index contributed by atoms with van der Waals surface area (Å²) in [6.45, 7) is 2.97. The monoisotopic (exact) mass is 448 g/mol. The average molecular weight is 449 g/mol. The molecular formula is C28H32O5. The molecule has 2 aromatic carbocycles. The molecule has 0 aliphatic heterocycles. The van der Waals surface area contributed by atoms with Crippen LogP contribution in [0.25, 0.3) is 17.0 Å². The van der Waals surface area contributed by atoms with Gasteiger partial charge in [-0.05, 0) is 54.5 Å². The first kappa shape index (κ1) is 24.3. The maximum absolute atomic E-state index is 12.1. The van der Waals surface area contributed by atoms with Gasteiger partial charge < -0.3 is 13.9 Å². The molecule has 33 heavy (non-hydrogen) atoms. The molecule has 0 saturated carbocycles. The predicted molar refractivity (Wildman–Crippen MR) is 132 cm³/mol. The highest BCUT2D eigenvalue weighted by molar-refractivity contribution is 5.89. The summed E-state index contributed by atoms with van der Waals surface area (Å²) in [5.74, 6) is 0.734. The third-order valence-electron chi connectivity index (χ3n) is 5.37. The number of hydrogen-bond acceptors (Lipinski definition) is 5. The summed E-state index contributed by atoms with van der Waals surface area (Å²) in [6, 6.07) is 15.5. The van der Waals surface area contributed by atoms with Crippen LogP contribution in [0.3, 0.4) is 0 Å². The Balaban J connectivity index is 1.38. The maximum Gasteiger partial charge on any atom is 0.336 e. The maximum atomic E-state index is 12.1. The lowest BCUT2D eigenvalue weighted by atomic mass is 10.1. The van der Waals surface area contributed by atoms with Gasteiger partial charge in [-0.25, -0.2) is 9.59 Å². The Hall–Kier alpha value is -3.34. The van der Waals surface area contributed by atoms with Crippen molar-refractivity contribution in [1.82, 2.24) is 0 Å². The van der Waals surface area contributed by atoms with Crippen LogP contribution >= 0.6 is 0 Å². The zero-order valence-electron chi connectivity index (χ0n) is 19.3. The van der Waals surface area contributed by atoms with E-state index in [0.29, 0.717) is 16.7 Å². The van der Waals surface area contributed by atoms with Crippen molar-refractivity contribution < 1.29 is 18.7 Å². The number of hydrogen-bond donors (Lipinski definition) is 0. The summed E-state index contributed by atoms with van der Waals surface area (Å²) >= 11 is 0. The van der Waals surface area contributed by atoms with E-state index in [9.17, 15) is 9.59 Å². The normalized spacial score (nSPS) is 11.2. The van der Waals surface area contributed by atoms with Gasteiger partial charge >= 0.3 is 11.6 Å². The van der Waals surface area contributed by atoms with Crippen LogP contribution in [-0.4, -0.2) is 12.6 Å². The molecule has 0 saturated heterocycles. The van der Waals surface area contributed by atoms with E-state index in [1.807, 2.05) is 24.3 Å². The Bertz CT molecular complexity index is 1100. The second kappa shape index (κ2) is 13.3. The highest BCUT2D eigenvalue weighted by Gasteiger charge is 2.04. The van der Waals surface area contributed by atoms with Crippen molar-refractivity contribution in [2.75, 3.05) is 6.61 Å². The fourth-order valence-electron chi connectivity index (χ4n) is 3.53. The van der Waals surface area contributed by atoms with Crippen LogP contribution in [0, 0.1) is 0 Å². The number of rotatable bonds is 13. The van der Waals surface area contributed by atoms with Gasteiger partial charge in [0, 0.05) is 17.5 Å². The van der Waals surface area contributed by atoms with Gasteiger partial charge in [0.25, 0.3) is 0 Å². The minimum atomic E-state index is -0.484. The average Bonchev–Trinajstić information content (AvgIpc) is 2.82. The Morgan fingerprint density at radius 3 is 2.30 bits per heavy atom. The molecule has 0 N–H and O–H groups in total. The van der Waals surface area contributed by atoms with Gasteiger partial charge in [-0.15, -0.1) is 0 Å². The lowest BCUT2D eigenvalue weighted by Crippen LogP contribution is -2.03. The number of ether oxygens (including phenoxy) is 2. The van der Waals surface area contributed by atoms with Crippen LogP contribution < -0.4 is 15.1 Å². The molecule has 0 amide bonds. The minimum absolute atomic E-state index is 0.385. The molecule has 1 aromatic heterocycles. The lowest BCUT2D eigenvalue weighted by Gasteiger charge is -2.06. The van der Waals surface area contributed by atoms with Gasteiger partial charge in [-0.2, -0.15) is 0 Å². The van der Waals surface area contributed by atoms with E-state index in [1.54, 1.807) is 30.3 Å². The Morgan fingerprint density at radius 2 is 1.55 bits per heavy atom. The molecule has 3 rings (SSSR count). The van der Waals surface area contributed by atoms with E-state index in [4.69, 9.17) is 13.9 Å². The molecule has 3 aromatic rings. The number of unbranched alkanes of at least 4 members (excludes halogenated alkanes) is 7. The quantitative estimate of drug-likeness (QED) is 0.0932. The smallest absolute Gasteiger partial charge is 0.336 e. The molecule has 0 aliphatic carbocycles. The van der Waals surface area contributed by atoms with Gasteiger partial charge in [0.15, 0.2) is 0 Å². The summed E-state index contributed by atoms with van der Waals surface area (Å²) in [5, 5.41) is 0.687. The number of benzene rings is 2. The number of esters is 1. The van der Waals surface area contributed by atoms with Crippen LogP contribution in [0.15, 0.2) is 69.9 Å². The van der Waals surface area contributed by atoms with E-state index < -0.39 is 11.6 Å². The van der Waals surface area contributed by atoms with Crippen molar-refractivity contribution in [2.45, 2.75) is 58.3 Å². The molecule has 0 radical (unpaired) electrons. The zero-order chi connectivity index (χ0) is 23.3. The number of carbonyl (C=O) groups excluding carboxylic acids is 1. The van der Waals surface area contributed by atoms with Crippen LogP contribution in [0.1, 0.15) is 63.9 Å². The third kappa shape index (κ3) is 8.60. The first-order valence-corrected chi connectivity index (χ1v) is 11.8. The molecule has 0 aliphatic rings. The van der Waals surface area contributed by atoms with Crippen LogP contribution in [0.4, 0.5) is 0 Å². The Labute approximate surface area is 195 Å². The van der Waals surface area contributed by atoms with Crippen molar-refractivity contribution in [2.24, 2.45) is 0 Å². The van der Waals surface area contributed by atoms with Gasteiger partial charge in [0.05, 0.1) is 6.61 Å². The second-order valence-corrected chi connectivity index (χ2v) is 8.10. The van der Waals surface area contributed by atoms with E-state index in [0.717, 1.165) is 24.3 Å². The van der Waals surface area contributed by atoms with E-state index in [1.165, 1.54) is 57.1 Å². The van der Waals surface area contributed by atoms with Crippen molar-refractivity contribution in [3.8, 4) is 11.5 Å². The first-order chi connectivity index (χ1) is 16.1. The molecular weight excluding hydrogens is 416 g/mol. The van der Waals surface area contributed by atoms with Gasteiger partial charge in [0.2, 0.25) is 0 Å². The second-order valence-electron chi connectivity index (χ2n) is 8.10. The van der Waals surface area contributed by atoms with Gasteiger partial charge in [0.1, 0.15) is 17.1 Å².